The Balaban J connectivity index is 1.66. The Morgan fingerprint density at radius 3 is 2.81 bits per heavy atom. The number of urea groups is 1. The summed E-state index contributed by atoms with van der Waals surface area (Å²) in [5.41, 5.74) is 1.76. The van der Waals surface area contributed by atoms with Crippen LogP contribution >= 0.6 is 11.3 Å². The number of hydrogen-bond donors (Lipinski definition) is 3. The molecule has 10 heteroatoms. The largest absolute Gasteiger partial charge is 0.348 e. The van der Waals surface area contributed by atoms with Crippen LogP contribution in [-0.2, 0) is 4.79 Å². The van der Waals surface area contributed by atoms with E-state index in [9.17, 15) is 14.4 Å². The SMILES string of the molecule is C=CC(=O)NC1CCCC1NC(=O)c1sc2nccc3c2c1NC(=O)N3/C(C)=C/N=CC. The number of carbonyl (C=O) groups excluding carboxylic acids is 3. The van der Waals surface area contributed by atoms with Gasteiger partial charge in [-0.15, -0.1) is 11.3 Å². The van der Waals surface area contributed by atoms with Gasteiger partial charge in [0, 0.05) is 36.4 Å². The first-order chi connectivity index (χ1) is 15.4. The van der Waals surface area contributed by atoms with E-state index in [2.05, 4.69) is 32.5 Å². The highest BCUT2D eigenvalue weighted by atomic mass is 32.1. The smallest absolute Gasteiger partial charge is 0.330 e. The summed E-state index contributed by atoms with van der Waals surface area (Å²) in [6, 6.07) is 1.04. The van der Waals surface area contributed by atoms with Crippen molar-refractivity contribution >= 4 is 57.0 Å². The molecule has 0 saturated heterocycles. The number of nitrogens with zero attached hydrogens (tertiary/aromatic N) is 3. The van der Waals surface area contributed by atoms with Crippen LogP contribution in [0.15, 0.2) is 41.8 Å². The zero-order chi connectivity index (χ0) is 22.8. The highest BCUT2D eigenvalue weighted by molar-refractivity contribution is 7.21. The number of rotatable bonds is 6. The van der Waals surface area contributed by atoms with E-state index >= 15 is 0 Å². The average Bonchev–Trinajstić information content (AvgIpc) is 3.37. The van der Waals surface area contributed by atoms with Gasteiger partial charge in [-0.3, -0.25) is 19.5 Å². The fourth-order valence-corrected chi connectivity index (χ4v) is 5.14. The molecule has 1 aliphatic carbocycles. The number of aromatic nitrogens is 1. The van der Waals surface area contributed by atoms with Crippen LogP contribution in [-0.4, -0.2) is 41.1 Å². The molecule has 2 aliphatic rings. The number of aliphatic imine (C=N–C) groups is 1. The number of hydrogen-bond acceptors (Lipinski definition) is 6. The summed E-state index contributed by atoms with van der Waals surface area (Å²) in [6.07, 6.45) is 8.54. The van der Waals surface area contributed by atoms with Crippen molar-refractivity contribution in [3.05, 3.63) is 41.7 Å². The molecule has 2 unspecified atom stereocenters. The normalized spacial score (nSPS) is 20.5. The molecule has 1 saturated carbocycles. The van der Waals surface area contributed by atoms with Crippen molar-refractivity contribution in [3.63, 3.8) is 0 Å². The lowest BCUT2D eigenvalue weighted by Crippen LogP contribution is -2.48. The summed E-state index contributed by atoms with van der Waals surface area (Å²) in [5.74, 6) is -0.555. The van der Waals surface area contributed by atoms with Gasteiger partial charge in [0.05, 0.1) is 16.8 Å². The number of pyridine rings is 1. The molecule has 2 atom stereocenters. The molecule has 0 bridgehead atoms. The maximum absolute atomic E-state index is 13.2. The van der Waals surface area contributed by atoms with E-state index in [0.29, 0.717) is 26.8 Å². The third kappa shape index (κ3) is 3.89. The van der Waals surface area contributed by atoms with E-state index in [4.69, 9.17) is 0 Å². The van der Waals surface area contributed by atoms with Gasteiger partial charge < -0.3 is 16.0 Å². The van der Waals surface area contributed by atoms with Crippen LogP contribution < -0.4 is 20.9 Å². The number of thiophene rings is 1. The topological polar surface area (TPSA) is 116 Å². The lowest BCUT2D eigenvalue weighted by Gasteiger charge is -2.28. The fraction of sp³-hybridized carbons (Fsp3) is 0.318. The summed E-state index contributed by atoms with van der Waals surface area (Å²) < 4.78 is 0. The Bertz CT molecular complexity index is 1170. The number of amides is 4. The van der Waals surface area contributed by atoms with Crippen LogP contribution in [0.1, 0.15) is 42.8 Å². The molecular formula is C22H24N6O3S. The van der Waals surface area contributed by atoms with Crippen molar-refractivity contribution in [1.29, 1.82) is 0 Å². The molecule has 3 heterocycles. The molecule has 166 valence electrons. The van der Waals surface area contributed by atoms with E-state index < -0.39 is 0 Å². The van der Waals surface area contributed by atoms with Gasteiger partial charge in [0.25, 0.3) is 5.91 Å². The fourth-order valence-electron chi connectivity index (χ4n) is 4.12. The highest BCUT2D eigenvalue weighted by Gasteiger charge is 2.35. The van der Waals surface area contributed by atoms with Crippen molar-refractivity contribution in [2.24, 2.45) is 4.99 Å². The third-order valence-electron chi connectivity index (χ3n) is 5.56. The predicted octanol–water partition coefficient (Wildman–Crippen LogP) is 3.55. The molecule has 4 amide bonds. The van der Waals surface area contributed by atoms with Gasteiger partial charge in [-0.2, -0.15) is 0 Å². The lowest BCUT2D eigenvalue weighted by atomic mass is 10.1. The van der Waals surface area contributed by atoms with Crippen molar-refractivity contribution in [3.8, 4) is 0 Å². The Kier molecular flexibility index (Phi) is 6.04. The first kappa shape index (κ1) is 21.7. The summed E-state index contributed by atoms with van der Waals surface area (Å²) in [6.45, 7) is 7.07. The van der Waals surface area contributed by atoms with Crippen LogP contribution in [0.5, 0.6) is 0 Å². The maximum Gasteiger partial charge on any atom is 0.330 e. The van der Waals surface area contributed by atoms with Crippen LogP contribution in [0.4, 0.5) is 16.2 Å². The van der Waals surface area contributed by atoms with Gasteiger partial charge >= 0.3 is 6.03 Å². The minimum absolute atomic E-state index is 0.152. The maximum atomic E-state index is 13.2. The molecule has 9 nitrogen and oxygen atoms in total. The zero-order valence-electron chi connectivity index (χ0n) is 17.8. The molecule has 0 aromatic carbocycles. The van der Waals surface area contributed by atoms with Gasteiger partial charge in [0.15, 0.2) is 0 Å². The second-order valence-electron chi connectivity index (χ2n) is 7.59. The zero-order valence-corrected chi connectivity index (χ0v) is 18.7. The van der Waals surface area contributed by atoms with Crippen molar-refractivity contribution in [2.75, 3.05) is 10.2 Å². The molecule has 3 N–H and O–H groups in total. The van der Waals surface area contributed by atoms with Crippen LogP contribution in [0.3, 0.4) is 0 Å². The number of nitrogens with one attached hydrogen (secondary N) is 3. The molecule has 1 aliphatic heterocycles. The van der Waals surface area contributed by atoms with Gasteiger partial charge in [0.1, 0.15) is 9.71 Å². The molecule has 1 fully saturated rings. The summed E-state index contributed by atoms with van der Waals surface area (Å²) in [4.78, 5) is 48.9. The Morgan fingerprint density at radius 1 is 1.34 bits per heavy atom. The number of anilines is 2. The lowest BCUT2D eigenvalue weighted by molar-refractivity contribution is -0.117. The van der Waals surface area contributed by atoms with Crippen LogP contribution in [0, 0.1) is 0 Å². The molecule has 4 rings (SSSR count). The third-order valence-corrected chi connectivity index (χ3v) is 6.66. The van der Waals surface area contributed by atoms with E-state index in [1.54, 1.807) is 38.5 Å². The van der Waals surface area contributed by atoms with Crippen molar-refractivity contribution in [1.82, 2.24) is 15.6 Å². The van der Waals surface area contributed by atoms with Gasteiger partial charge in [0.2, 0.25) is 5.91 Å². The highest BCUT2D eigenvalue weighted by Crippen LogP contribution is 2.44. The molecule has 0 radical (unpaired) electrons. The molecule has 0 spiro atoms. The average molecular weight is 453 g/mol. The van der Waals surface area contributed by atoms with E-state index in [0.717, 1.165) is 24.6 Å². The second kappa shape index (κ2) is 8.91. The first-order valence-electron chi connectivity index (χ1n) is 10.4. The Labute approximate surface area is 189 Å². The van der Waals surface area contributed by atoms with Crippen LogP contribution in [0.2, 0.25) is 0 Å². The van der Waals surface area contributed by atoms with Gasteiger partial charge in [-0.1, -0.05) is 6.58 Å². The van der Waals surface area contributed by atoms with Gasteiger partial charge in [-0.05, 0) is 45.3 Å². The number of allylic oxidation sites excluding steroid dienone is 1. The minimum Gasteiger partial charge on any atom is -0.348 e. The van der Waals surface area contributed by atoms with E-state index in [1.807, 2.05) is 0 Å². The quantitative estimate of drug-likeness (QED) is 0.459. The summed E-state index contributed by atoms with van der Waals surface area (Å²) in [7, 11) is 0. The van der Waals surface area contributed by atoms with Crippen molar-refractivity contribution < 1.29 is 14.4 Å². The molecule has 32 heavy (non-hydrogen) atoms. The van der Waals surface area contributed by atoms with E-state index in [-0.39, 0.29) is 29.9 Å². The second-order valence-corrected chi connectivity index (χ2v) is 8.59. The monoisotopic (exact) mass is 452 g/mol. The molecule has 2 aromatic rings. The standard InChI is InChI=1S/C22H24N6O3S/c1-4-16(29)25-13-7-6-8-14(13)26-20(30)19-18-17-15(9-10-24-21(17)32-19)28(22(31)27-18)12(3)11-23-5-2/h4-5,9-11,13-14H,1,6-8H2,2-3H3,(H,25,29)(H,26,30)(H,27,31)/b12-11+,23-5?. The first-order valence-corrected chi connectivity index (χ1v) is 11.2. The minimum atomic E-state index is -0.366. The summed E-state index contributed by atoms with van der Waals surface area (Å²) >= 11 is 1.23. The Hall–Kier alpha value is -3.53. The Morgan fingerprint density at radius 2 is 2.09 bits per heavy atom. The van der Waals surface area contributed by atoms with Crippen LogP contribution in [0.25, 0.3) is 10.2 Å². The summed E-state index contributed by atoms with van der Waals surface area (Å²) in [5, 5.41) is 9.49. The molecular weight excluding hydrogens is 428 g/mol. The molecule has 2 aromatic heterocycles. The predicted molar refractivity (Wildman–Crippen MR) is 126 cm³/mol. The van der Waals surface area contributed by atoms with E-state index in [1.165, 1.54) is 22.3 Å². The number of carbonyl (C=O) groups is 3. The van der Waals surface area contributed by atoms with Gasteiger partial charge in [-0.25, -0.2) is 9.78 Å². The van der Waals surface area contributed by atoms with Crippen molar-refractivity contribution in [2.45, 2.75) is 45.2 Å².